The second-order valence-corrected chi connectivity index (χ2v) is 5.62. The van der Waals surface area contributed by atoms with Crippen LogP contribution in [-0.4, -0.2) is 51.8 Å². The van der Waals surface area contributed by atoms with E-state index in [0.29, 0.717) is 31.2 Å². The van der Waals surface area contributed by atoms with Gasteiger partial charge in [-0.15, -0.1) is 0 Å². The van der Waals surface area contributed by atoms with Crippen LogP contribution in [0.3, 0.4) is 0 Å². The molecule has 1 amide bonds. The van der Waals surface area contributed by atoms with Gasteiger partial charge in [0.2, 0.25) is 0 Å². The molecule has 1 unspecified atom stereocenters. The fourth-order valence-electron chi connectivity index (χ4n) is 2.91. The summed E-state index contributed by atoms with van der Waals surface area (Å²) >= 11 is 0. The van der Waals surface area contributed by atoms with Gasteiger partial charge in [-0.2, -0.15) is 0 Å². The fraction of sp³-hybridized carbons (Fsp3) is 0.529. The van der Waals surface area contributed by atoms with Gasteiger partial charge in [0.1, 0.15) is 24.5 Å². The van der Waals surface area contributed by atoms with Crippen LogP contribution in [0.2, 0.25) is 0 Å². The highest BCUT2D eigenvalue weighted by molar-refractivity contribution is 5.85. The number of carbonyl (C=O) groups excluding carboxylic acids is 2. The monoisotopic (exact) mass is 337 g/mol. The highest BCUT2D eigenvalue weighted by Gasteiger charge is 2.36. The van der Waals surface area contributed by atoms with Crippen molar-refractivity contribution in [3.05, 3.63) is 23.8 Å². The predicted octanol–water partition coefficient (Wildman–Crippen LogP) is -0.460. The fourth-order valence-corrected chi connectivity index (χ4v) is 2.91. The SMILES string of the molecule is CCOC(=O)C[C@@H]1C(=O)NCC[NH+]1Cc1ccc(OC)cc1OC. The van der Waals surface area contributed by atoms with Crippen LogP contribution >= 0.6 is 0 Å². The molecule has 0 saturated carbocycles. The molecule has 1 heterocycles. The van der Waals surface area contributed by atoms with Gasteiger partial charge >= 0.3 is 5.97 Å². The van der Waals surface area contributed by atoms with E-state index in [2.05, 4.69) is 5.32 Å². The molecule has 2 N–H and O–H groups in total. The third kappa shape index (κ3) is 4.38. The summed E-state index contributed by atoms with van der Waals surface area (Å²) in [7, 11) is 3.21. The summed E-state index contributed by atoms with van der Waals surface area (Å²) in [6, 6.07) is 5.16. The summed E-state index contributed by atoms with van der Waals surface area (Å²) in [6.45, 7) is 3.99. The third-order valence-electron chi connectivity index (χ3n) is 4.14. The first-order chi connectivity index (χ1) is 11.6. The third-order valence-corrected chi connectivity index (χ3v) is 4.14. The maximum Gasteiger partial charge on any atom is 0.312 e. The molecule has 132 valence electrons. The van der Waals surface area contributed by atoms with Gasteiger partial charge in [0.05, 0.1) is 33.9 Å². The van der Waals surface area contributed by atoms with Gasteiger partial charge in [0, 0.05) is 11.6 Å². The van der Waals surface area contributed by atoms with E-state index in [1.807, 2.05) is 18.2 Å². The minimum absolute atomic E-state index is 0.0769. The molecule has 7 nitrogen and oxygen atoms in total. The van der Waals surface area contributed by atoms with Crippen molar-refractivity contribution < 1.29 is 28.7 Å². The first-order valence-corrected chi connectivity index (χ1v) is 8.07. The van der Waals surface area contributed by atoms with Gasteiger partial charge in [0.25, 0.3) is 5.91 Å². The molecule has 7 heteroatoms. The second-order valence-electron chi connectivity index (χ2n) is 5.62. The van der Waals surface area contributed by atoms with Gasteiger partial charge in [0.15, 0.2) is 6.04 Å². The maximum absolute atomic E-state index is 12.2. The number of piperazine rings is 1. The van der Waals surface area contributed by atoms with E-state index in [0.717, 1.165) is 17.0 Å². The lowest BCUT2D eigenvalue weighted by Crippen LogP contribution is -3.18. The number of benzene rings is 1. The Balaban J connectivity index is 2.15. The molecule has 2 rings (SSSR count). The molecular weight excluding hydrogens is 312 g/mol. The number of quaternary nitrogens is 1. The molecular formula is C17H25N2O5+. The molecule has 1 fully saturated rings. The molecule has 24 heavy (non-hydrogen) atoms. The molecule has 0 aliphatic carbocycles. The van der Waals surface area contributed by atoms with Crippen LogP contribution in [0.25, 0.3) is 0 Å². The zero-order chi connectivity index (χ0) is 17.5. The van der Waals surface area contributed by atoms with Crippen LogP contribution in [-0.2, 0) is 20.9 Å². The predicted molar refractivity (Wildman–Crippen MR) is 87.1 cm³/mol. The quantitative estimate of drug-likeness (QED) is 0.659. The van der Waals surface area contributed by atoms with E-state index in [9.17, 15) is 9.59 Å². The van der Waals surface area contributed by atoms with Crippen molar-refractivity contribution in [2.45, 2.75) is 25.9 Å². The molecule has 1 aromatic rings. The van der Waals surface area contributed by atoms with E-state index in [4.69, 9.17) is 14.2 Å². The van der Waals surface area contributed by atoms with Gasteiger partial charge in [-0.3, -0.25) is 9.59 Å². The lowest BCUT2D eigenvalue weighted by atomic mass is 10.1. The van der Waals surface area contributed by atoms with Crippen LogP contribution in [0.15, 0.2) is 18.2 Å². The molecule has 0 spiro atoms. The molecule has 1 saturated heterocycles. The smallest absolute Gasteiger partial charge is 0.312 e. The zero-order valence-electron chi connectivity index (χ0n) is 14.4. The van der Waals surface area contributed by atoms with Crippen LogP contribution in [0.1, 0.15) is 18.9 Å². The Labute approximate surface area is 141 Å². The number of ether oxygens (including phenoxy) is 3. The minimum Gasteiger partial charge on any atom is -0.497 e. The van der Waals surface area contributed by atoms with Crippen LogP contribution < -0.4 is 19.7 Å². The second kappa shape index (κ2) is 8.54. The van der Waals surface area contributed by atoms with Gasteiger partial charge < -0.3 is 24.4 Å². The van der Waals surface area contributed by atoms with Crippen molar-refractivity contribution in [1.29, 1.82) is 0 Å². The van der Waals surface area contributed by atoms with Crippen LogP contribution in [0, 0.1) is 0 Å². The van der Waals surface area contributed by atoms with E-state index in [1.165, 1.54) is 0 Å². The van der Waals surface area contributed by atoms with Crippen molar-refractivity contribution in [3.63, 3.8) is 0 Å². The summed E-state index contributed by atoms with van der Waals surface area (Å²) in [6.07, 6.45) is 0.0769. The molecule has 2 atom stereocenters. The van der Waals surface area contributed by atoms with E-state index in [-0.39, 0.29) is 18.3 Å². The number of hydrogen-bond acceptors (Lipinski definition) is 5. The first kappa shape index (κ1) is 18.1. The minimum atomic E-state index is -0.454. The first-order valence-electron chi connectivity index (χ1n) is 8.07. The van der Waals surface area contributed by atoms with Crippen molar-refractivity contribution in [3.8, 4) is 11.5 Å². The standard InChI is InChI=1S/C17H24N2O5/c1-4-24-16(20)10-14-17(21)18-7-8-19(14)11-12-5-6-13(22-2)9-15(12)23-3/h5-6,9,14H,4,7-8,10-11H2,1-3H3,(H,18,21)/p+1/t14-/m1/s1. The zero-order valence-corrected chi connectivity index (χ0v) is 14.4. The van der Waals surface area contributed by atoms with Gasteiger partial charge in [-0.1, -0.05) is 0 Å². The van der Waals surface area contributed by atoms with Crippen LogP contribution in [0.5, 0.6) is 11.5 Å². The molecule has 0 bridgehead atoms. The Hall–Kier alpha value is -2.28. The maximum atomic E-state index is 12.2. The topological polar surface area (TPSA) is 78.3 Å². The number of rotatable bonds is 7. The van der Waals surface area contributed by atoms with E-state index in [1.54, 1.807) is 21.1 Å². The Bertz CT molecular complexity index is 590. The Morgan fingerprint density at radius 3 is 2.79 bits per heavy atom. The average molecular weight is 337 g/mol. The van der Waals surface area contributed by atoms with Crippen molar-refractivity contribution in [2.24, 2.45) is 0 Å². The average Bonchev–Trinajstić information content (AvgIpc) is 2.58. The molecule has 0 radical (unpaired) electrons. The van der Waals surface area contributed by atoms with E-state index < -0.39 is 6.04 Å². The summed E-state index contributed by atoms with van der Waals surface area (Å²) in [5.41, 5.74) is 0.969. The van der Waals surface area contributed by atoms with Crippen molar-refractivity contribution >= 4 is 11.9 Å². The number of hydrogen-bond donors (Lipinski definition) is 2. The van der Waals surface area contributed by atoms with Crippen LogP contribution in [0.4, 0.5) is 0 Å². The Morgan fingerprint density at radius 2 is 2.12 bits per heavy atom. The normalized spacial score (nSPS) is 20.2. The Morgan fingerprint density at radius 1 is 1.33 bits per heavy atom. The largest absolute Gasteiger partial charge is 0.497 e. The Kier molecular flexibility index (Phi) is 6.43. The van der Waals surface area contributed by atoms with Crippen molar-refractivity contribution in [1.82, 2.24) is 5.32 Å². The number of amides is 1. The lowest BCUT2D eigenvalue weighted by Gasteiger charge is -2.31. The van der Waals surface area contributed by atoms with Gasteiger partial charge in [-0.25, -0.2) is 0 Å². The molecule has 1 aliphatic rings. The van der Waals surface area contributed by atoms with Crippen molar-refractivity contribution in [2.75, 3.05) is 33.9 Å². The van der Waals surface area contributed by atoms with Gasteiger partial charge in [-0.05, 0) is 19.1 Å². The lowest BCUT2D eigenvalue weighted by molar-refractivity contribution is -0.930. The summed E-state index contributed by atoms with van der Waals surface area (Å²) in [5.74, 6) is 0.961. The number of carbonyl (C=O) groups is 2. The molecule has 0 aromatic heterocycles. The number of nitrogens with one attached hydrogen (secondary N) is 2. The number of esters is 1. The highest BCUT2D eigenvalue weighted by Crippen LogP contribution is 2.24. The summed E-state index contributed by atoms with van der Waals surface area (Å²) in [4.78, 5) is 25.0. The number of methoxy groups -OCH3 is 2. The highest BCUT2D eigenvalue weighted by atomic mass is 16.5. The molecule has 1 aliphatic heterocycles. The molecule has 1 aromatic carbocycles. The summed E-state index contributed by atoms with van der Waals surface area (Å²) < 4.78 is 15.6. The van der Waals surface area contributed by atoms with E-state index >= 15 is 0 Å². The summed E-state index contributed by atoms with van der Waals surface area (Å²) in [5, 5.41) is 2.82.